The standard InChI is InChI=1S/C6H11NO.H2O/c1-6(2)4-3-5-7(6)8;/h3,5,7H,4H2,1-2H3;1H2. The minimum atomic E-state index is -0.0972. The molecule has 0 bridgehead atoms. The van der Waals surface area contributed by atoms with Crippen molar-refractivity contribution in [3.8, 4) is 0 Å². The zero-order chi connectivity index (χ0) is 6.20. The van der Waals surface area contributed by atoms with E-state index in [1.54, 1.807) is 6.20 Å². The highest BCUT2D eigenvalue weighted by molar-refractivity contribution is 4.89. The van der Waals surface area contributed by atoms with Gasteiger partial charge >= 0.3 is 0 Å². The Morgan fingerprint density at radius 2 is 2.11 bits per heavy atom. The van der Waals surface area contributed by atoms with Crippen LogP contribution in [0.2, 0.25) is 0 Å². The third-order valence-corrected chi connectivity index (χ3v) is 1.56. The number of hydrogen-bond donors (Lipinski definition) is 1. The van der Waals surface area contributed by atoms with Crippen LogP contribution in [0.5, 0.6) is 0 Å². The van der Waals surface area contributed by atoms with E-state index in [4.69, 9.17) is 0 Å². The molecular weight excluding hydrogens is 118 g/mol. The summed E-state index contributed by atoms with van der Waals surface area (Å²) in [5, 5.41) is 11.1. The molecule has 1 heterocycles. The summed E-state index contributed by atoms with van der Waals surface area (Å²) in [5.41, 5.74) is -0.0972. The van der Waals surface area contributed by atoms with Gasteiger partial charge in [-0.25, -0.2) is 0 Å². The van der Waals surface area contributed by atoms with Gasteiger partial charge in [0.2, 0.25) is 0 Å². The van der Waals surface area contributed by atoms with E-state index in [9.17, 15) is 5.21 Å². The molecule has 0 fully saturated rings. The molecule has 1 rings (SSSR count). The third-order valence-electron chi connectivity index (χ3n) is 1.56. The first-order valence-electron chi connectivity index (χ1n) is 2.84. The fourth-order valence-corrected chi connectivity index (χ4v) is 0.787. The Balaban J connectivity index is 0.000000640. The third kappa shape index (κ3) is 1.51. The Bertz CT molecular complexity index is 120. The van der Waals surface area contributed by atoms with E-state index >= 15 is 0 Å². The van der Waals surface area contributed by atoms with Crippen molar-refractivity contribution in [1.29, 1.82) is 0 Å². The Kier molecular flexibility index (Phi) is 2.37. The van der Waals surface area contributed by atoms with Crippen LogP contribution in [-0.2, 0) is 0 Å². The topological polar surface area (TPSA) is 59.0 Å². The van der Waals surface area contributed by atoms with Gasteiger partial charge < -0.3 is 15.7 Å². The summed E-state index contributed by atoms with van der Waals surface area (Å²) in [6, 6.07) is 0. The van der Waals surface area contributed by atoms with E-state index in [-0.39, 0.29) is 16.1 Å². The molecule has 3 nitrogen and oxygen atoms in total. The van der Waals surface area contributed by atoms with Crippen molar-refractivity contribution in [2.75, 3.05) is 0 Å². The molecule has 0 aliphatic carbocycles. The second-order valence-corrected chi connectivity index (χ2v) is 2.85. The van der Waals surface area contributed by atoms with Gasteiger partial charge in [0.05, 0.1) is 11.7 Å². The SMILES string of the molecule is CC1(C)CC=C[NH+]1[O-].O. The average molecular weight is 131 g/mol. The van der Waals surface area contributed by atoms with Crippen molar-refractivity contribution < 1.29 is 10.5 Å². The van der Waals surface area contributed by atoms with Crippen molar-refractivity contribution in [3.63, 3.8) is 0 Å². The molecule has 9 heavy (non-hydrogen) atoms. The van der Waals surface area contributed by atoms with Crippen molar-refractivity contribution in [2.24, 2.45) is 0 Å². The maximum Gasteiger partial charge on any atom is 0.0995 e. The molecule has 0 aromatic rings. The van der Waals surface area contributed by atoms with Gasteiger partial charge in [-0.1, -0.05) is 0 Å². The summed E-state index contributed by atoms with van der Waals surface area (Å²) < 4.78 is 0. The highest BCUT2D eigenvalue weighted by Gasteiger charge is 2.26. The van der Waals surface area contributed by atoms with Crippen LogP contribution < -0.4 is 5.06 Å². The lowest BCUT2D eigenvalue weighted by Gasteiger charge is -2.29. The lowest BCUT2D eigenvalue weighted by Crippen LogP contribution is -3.09. The van der Waals surface area contributed by atoms with Crippen LogP contribution in [0.4, 0.5) is 0 Å². The fraction of sp³-hybridized carbons (Fsp3) is 0.667. The van der Waals surface area contributed by atoms with Gasteiger partial charge in [0.25, 0.3) is 0 Å². The molecule has 1 atom stereocenters. The maximum atomic E-state index is 10.8. The first-order valence-corrected chi connectivity index (χ1v) is 2.84. The average Bonchev–Trinajstić information content (AvgIpc) is 1.86. The molecule has 0 radical (unpaired) electrons. The van der Waals surface area contributed by atoms with Gasteiger partial charge in [-0.3, -0.25) is 0 Å². The van der Waals surface area contributed by atoms with Gasteiger partial charge in [-0.05, 0) is 19.9 Å². The second-order valence-electron chi connectivity index (χ2n) is 2.85. The van der Waals surface area contributed by atoms with E-state index < -0.39 is 0 Å². The minimum Gasteiger partial charge on any atom is -0.629 e. The molecule has 3 N–H and O–H groups in total. The lowest BCUT2D eigenvalue weighted by atomic mass is 10.0. The van der Waals surface area contributed by atoms with Crippen molar-refractivity contribution >= 4 is 0 Å². The lowest BCUT2D eigenvalue weighted by molar-refractivity contribution is -0.841. The van der Waals surface area contributed by atoms with E-state index in [1.807, 2.05) is 19.9 Å². The van der Waals surface area contributed by atoms with Crippen LogP contribution in [-0.4, -0.2) is 11.0 Å². The Labute approximate surface area is 54.9 Å². The van der Waals surface area contributed by atoms with Gasteiger partial charge in [-0.2, -0.15) is 0 Å². The monoisotopic (exact) mass is 131 g/mol. The smallest absolute Gasteiger partial charge is 0.0995 e. The van der Waals surface area contributed by atoms with E-state index in [1.165, 1.54) is 0 Å². The van der Waals surface area contributed by atoms with Crippen molar-refractivity contribution in [3.05, 3.63) is 17.5 Å². The molecule has 1 aliphatic rings. The van der Waals surface area contributed by atoms with E-state index in [2.05, 4.69) is 0 Å². The number of hydroxylamine groups is 2. The molecular formula is C6H13NO2. The predicted molar refractivity (Wildman–Crippen MR) is 35.8 cm³/mol. The van der Waals surface area contributed by atoms with Crippen LogP contribution in [0.3, 0.4) is 0 Å². The highest BCUT2D eigenvalue weighted by Crippen LogP contribution is 2.07. The summed E-state index contributed by atoms with van der Waals surface area (Å²) >= 11 is 0. The van der Waals surface area contributed by atoms with Gasteiger partial charge in [0.1, 0.15) is 0 Å². The van der Waals surface area contributed by atoms with Crippen molar-refractivity contribution in [2.45, 2.75) is 25.8 Å². The van der Waals surface area contributed by atoms with Gasteiger partial charge in [-0.15, -0.1) is 0 Å². The Morgan fingerprint density at radius 1 is 1.56 bits per heavy atom. The normalized spacial score (nSPS) is 29.9. The first kappa shape index (κ1) is 8.62. The molecule has 54 valence electrons. The molecule has 0 spiro atoms. The van der Waals surface area contributed by atoms with E-state index in [0.717, 1.165) is 6.42 Å². The van der Waals surface area contributed by atoms with Crippen LogP contribution in [0.15, 0.2) is 12.3 Å². The Morgan fingerprint density at radius 3 is 2.22 bits per heavy atom. The summed E-state index contributed by atoms with van der Waals surface area (Å²) in [4.78, 5) is 0. The maximum absolute atomic E-state index is 10.8. The molecule has 0 aromatic heterocycles. The van der Waals surface area contributed by atoms with Crippen LogP contribution in [0.25, 0.3) is 0 Å². The van der Waals surface area contributed by atoms with Crippen molar-refractivity contribution in [1.82, 2.24) is 0 Å². The molecule has 0 aromatic carbocycles. The van der Waals surface area contributed by atoms with Crippen LogP contribution in [0, 0.1) is 5.21 Å². The molecule has 1 unspecified atom stereocenters. The largest absolute Gasteiger partial charge is 0.629 e. The molecule has 1 aliphatic heterocycles. The highest BCUT2D eigenvalue weighted by atomic mass is 16.5. The summed E-state index contributed by atoms with van der Waals surface area (Å²) in [5.74, 6) is 0. The minimum absolute atomic E-state index is 0. The summed E-state index contributed by atoms with van der Waals surface area (Å²) in [6.45, 7) is 3.94. The predicted octanol–water partition coefficient (Wildman–Crippen LogP) is -0.760. The number of nitrogens with one attached hydrogen (secondary N) is 1. The zero-order valence-corrected chi connectivity index (χ0v) is 5.77. The number of rotatable bonds is 0. The number of quaternary nitrogens is 1. The molecule has 3 heteroatoms. The summed E-state index contributed by atoms with van der Waals surface area (Å²) in [6.07, 6.45) is 4.51. The Hall–Kier alpha value is -0.380. The van der Waals surface area contributed by atoms with Crippen LogP contribution in [0.1, 0.15) is 20.3 Å². The molecule has 0 amide bonds. The molecule has 0 saturated carbocycles. The second kappa shape index (κ2) is 2.47. The zero-order valence-electron chi connectivity index (χ0n) is 5.77. The fourth-order valence-electron chi connectivity index (χ4n) is 0.787. The van der Waals surface area contributed by atoms with Gasteiger partial charge in [0, 0.05) is 6.42 Å². The van der Waals surface area contributed by atoms with Crippen LogP contribution >= 0.6 is 0 Å². The number of hydrogen-bond acceptors (Lipinski definition) is 1. The van der Waals surface area contributed by atoms with Gasteiger partial charge in [0.15, 0.2) is 0 Å². The quantitative estimate of drug-likeness (QED) is 0.432. The first-order chi connectivity index (χ1) is 3.63. The summed E-state index contributed by atoms with van der Waals surface area (Å²) in [7, 11) is 0. The molecule has 0 saturated heterocycles. The van der Waals surface area contributed by atoms with E-state index in [0.29, 0.717) is 0 Å².